The van der Waals surface area contributed by atoms with E-state index in [9.17, 15) is 31.5 Å². The lowest BCUT2D eigenvalue weighted by molar-refractivity contribution is -0.255. The number of alkyl halides is 3. The summed E-state index contributed by atoms with van der Waals surface area (Å²) in [4.78, 5) is 10.6. The first-order chi connectivity index (χ1) is 11.0. The van der Waals surface area contributed by atoms with Gasteiger partial charge in [-0.25, -0.2) is 8.42 Å². The van der Waals surface area contributed by atoms with Crippen LogP contribution in [0.5, 0.6) is 0 Å². The number of rotatable bonds is 4. The van der Waals surface area contributed by atoms with E-state index in [1.54, 1.807) is 0 Å². The number of anilines is 1. The van der Waals surface area contributed by atoms with Crippen LogP contribution < -0.4 is 9.83 Å². The molecule has 9 heteroatoms. The summed E-state index contributed by atoms with van der Waals surface area (Å²) in [5.74, 6) is -1.55. The lowest BCUT2D eigenvalue weighted by Gasteiger charge is -2.13. The SMILES string of the molecule is Cc1ccc(S(=O)(=O)Nc2cccc(C(F)(F)F)c2)cc1C(=O)[O-]. The van der Waals surface area contributed by atoms with Gasteiger partial charge in [-0.05, 0) is 42.8 Å². The predicted molar refractivity (Wildman–Crippen MR) is 77.8 cm³/mol. The van der Waals surface area contributed by atoms with Crippen molar-refractivity contribution in [2.45, 2.75) is 18.0 Å². The lowest BCUT2D eigenvalue weighted by atomic mass is 10.1. The maximum Gasteiger partial charge on any atom is 0.416 e. The summed E-state index contributed by atoms with van der Waals surface area (Å²) in [6.07, 6.45) is -4.62. The smallest absolute Gasteiger partial charge is 0.416 e. The van der Waals surface area contributed by atoms with Crippen LogP contribution >= 0.6 is 0 Å². The van der Waals surface area contributed by atoms with Crippen molar-refractivity contribution in [3.05, 3.63) is 59.2 Å². The molecule has 2 aromatic carbocycles. The van der Waals surface area contributed by atoms with E-state index in [0.717, 1.165) is 30.3 Å². The zero-order chi connectivity index (χ0) is 18.1. The van der Waals surface area contributed by atoms with Gasteiger partial charge in [0.2, 0.25) is 0 Å². The van der Waals surface area contributed by atoms with E-state index in [4.69, 9.17) is 0 Å². The first kappa shape index (κ1) is 17.8. The second-order valence-corrected chi connectivity index (χ2v) is 6.63. The molecule has 24 heavy (non-hydrogen) atoms. The fraction of sp³-hybridized carbons (Fsp3) is 0.133. The molecule has 0 heterocycles. The van der Waals surface area contributed by atoms with Gasteiger partial charge in [0, 0.05) is 11.3 Å². The molecule has 0 aromatic heterocycles. The molecule has 0 fully saturated rings. The summed E-state index contributed by atoms with van der Waals surface area (Å²) in [6.45, 7) is 1.46. The Morgan fingerprint density at radius 3 is 2.38 bits per heavy atom. The standard InChI is InChI=1S/C15H12F3NO4S/c1-9-5-6-12(8-13(9)14(20)21)24(22,23)19-11-4-2-3-10(7-11)15(16,17)18/h2-8,19H,1H3,(H,20,21)/p-1. The molecule has 0 aliphatic heterocycles. The molecule has 0 radical (unpaired) electrons. The van der Waals surface area contributed by atoms with Crippen LogP contribution in [0.4, 0.5) is 18.9 Å². The topological polar surface area (TPSA) is 86.3 Å². The largest absolute Gasteiger partial charge is 0.545 e. The van der Waals surface area contributed by atoms with Crippen molar-refractivity contribution in [1.82, 2.24) is 0 Å². The maximum absolute atomic E-state index is 12.7. The van der Waals surface area contributed by atoms with Gasteiger partial charge in [0.1, 0.15) is 0 Å². The lowest BCUT2D eigenvalue weighted by Crippen LogP contribution is -2.24. The minimum absolute atomic E-state index is 0.291. The Balaban J connectivity index is 2.39. The molecule has 128 valence electrons. The first-order valence-corrected chi connectivity index (χ1v) is 8.01. The maximum atomic E-state index is 12.7. The molecule has 0 saturated heterocycles. The highest BCUT2D eigenvalue weighted by Crippen LogP contribution is 2.31. The van der Waals surface area contributed by atoms with Crippen LogP contribution in [0.15, 0.2) is 47.4 Å². The van der Waals surface area contributed by atoms with Gasteiger partial charge in [0.15, 0.2) is 0 Å². The third-order valence-corrected chi connectivity index (χ3v) is 4.56. The molecular weight excluding hydrogens is 347 g/mol. The van der Waals surface area contributed by atoms with Crippen molar-refractivity contribution in [3.8, 4) is 0 Å². The number of carbonyl (C=O) groups excluding carboxylic acids is 1. The molecular formula is C15H11F3NO4S-. The second kappa shape index (κ2) is 6.16. The molecule has 1 N–H and O–H groups in total. The number of hydrogen-bond acceptors (Lipinski definition) is 4. The molecule has 0 saturated carbocycles. The highest BCUT2D eigenvalue weighted by Gasteiger charge is 2.30. The zero-order valence-corrected chi connectivity index (χ0v) is 13.0. The van der Waals surface area contributed by atoms with E-state index >= 15 is 0 Å². The summed E-state index contributed by atoms with van der Waals surface area (Å²) in [6, 6.07) is 6.97. The molecule has 0 aliphatic carbocycles. The second-order valence-electron chi connectivity index (χ2n) is 4.95. The Morgan fingerprint density at radius 1 is 1.12 bits per heavy atom. The van der Waals surface area contributed by atoms with Crippen LogP contribution in [-0.2, 0) is 16.2 Å². The number of carboxylic acids is 1. The number of halogens is 3. The van der Waals surface area contributed by atoms with Crippen molar-refractivity contribution in [2.24, 2.45) is 0 Å². The van der Waals surface area contributed by atoms with Gasteiger partial charge in [-0.15, -0.1) is 0 Å². The number of sulfonamides is 1. The van der Waals surface area contributed by atoms with Crippen molar-refractivity contribution >= 4 is 21.7 Å². The minimum Gasteiger partial charge on any atom is -0.545 e. The molecule has 0 unspecified atom stereocenters. The highest BCUT2D eigenvalue weighted by atomic mass is 32.2. The average Bonchev–Trinajstić information content (AvgIpc) is 2.46. The van der Waals surface area contributed by atoms with Crippen molar-refractivity contribution in [3.63, 3.8) is 0 Å². The van der Waals surface area contributed by atoms with Crippen LogP contribution in [0.1, 0.15) is 21.5 Å². The van der Waals surface area contributed by atoms with E-state index in [1.807, 2.05) is 4.72 Å². The van der Waals surface area contributed by atoms with E-state index < -0.39 is 32.6 Å². The van der Waals surface area contributed by atoms with Gasteiger partial charge in [0.25, 0.3) is 10.0 Å². The Labute approximate surface area is 135 Å². The fourth-order valence-electron chi connectivity index (χ4n) is 1.96. The molecule has 0 bridgehead atoms. The molecule has 0 aliphatic rings. The Morgan fingerprint density at radius 2 is 1.79 bits per heavy atom. The van der Waals surface area contributed by atoms with E-state index in [0.29, 0.717) is 11.6 Å². The third kappa shape index (κ3) is 3.85. The summed E-state index contributed by atoms with van der Waals surface area (Å²) >= 11 is 0. The van der Waals surface area contributed by atoms with Gasteiger partial charge in [-0.3, -0.25) is 4.72 Å². The van der Waals surface area contributed by atoms with Crippen molar-refractivity contribution < 1.29 is 31.5 Å². The molecule has 2 aromatic rings. The highest BCUT2D eigenvalue weighted by molar-refractivity contribution is 7.92. The van der Waals surface area contributed by atoms with E-state index in [2.05, 4.69) is 0 Å². The number of nitrogens with one attached hydrogen (secondary N) is 1. The number of carboxylic acid groups (broad SMARTS) is 1. The van der Waals surface area contributed by atoms with Crippen molar-refractivity contribution in [2.75, 3.05) is 4.72 Å². The molecule has 0 amide bonds. The predicted octanol–water partition coefficient (Wildman–Crippen LogP) is 2.18. The number of benzene rings is 2. The number of aryl methyl sites for hydroxylation is 1. The van der Waals surface area contributed by atoms with Crippen LogP contribution in [-0.4, -0.2) is 14.4 Å². The van der Waals surface area contributed by atoms with Crippen LogP contribution in [0, 0.1) is 6.92 Å². The van der Waals surface area contributed by atoms with Gasteiger partial charge in [0.05, 0.1) is 16.4 Å². The Hall–Kier alpha value is -2.55. The fourth-order valence-corrected chi connectivity index (χ4v) is 3.04. The normalized spacial score (nSPS) is 12.0. The number of carbonyl (C=O) groups is 1. The van der Waals surface area contributed by atoms with Gasteiger partial charge >= 0.3 is 6.18 Å². The van der Waals surface area contributed by atoms with Crippen molar-refractivity contribution in [1.29, 1.82) is 0 Å². The summed E-state index contributed by atoms with van der Waals surface area (Å²) in [5.41, 5.74) is -1.32. The van der Waals surface area contributed by atoms with Crippen LogP contribution in [0.2, 0.25) is 0 Å². The molecule has 5 nitrogen and oxygen atoms in total. The third-order valence-electron chi connectivity index (χ3n) is 3.18. The van der Waals surface area contributed by atoms with Gasteiger partial charge in [-0.1, -0.05) is 12.1 Å². The summed E-state index contributed by atoms with van der Waals surface area (Å²) in [5, 5.41) is 11.0. The van der Waals surface area contributed by atoms with Gasteiger partial charge in [-0.2, -0.15) is 13.2 Å². The van der Waals surface area contributed by atoms with Crippen LogP contribution in [0.3, 0.4) is 0 Å². The first-order valence-electron chi connectivity index (χ1n) is 6.53. The van der Waals surface area contributed by atoms with E-state index in [1.165, 1.54) is 13.0 Å². The molecule has 0 spiro atoms. The minimum atomic E-state index is -4.62. The Bertz CT molecular complexity index is 892. The van der Waals surface area contributed by atoms with Crippen LogP contribution in [0.25, 0.3) is 0 Å². The average molecular weight is 358 g/mol. The summed E-state index contributed by atoms with van der Waals surface area (Å²) in [7, 11) is -4.26. The zero-order valence-electron chi connectivity index (χ0n) is 12.2. The van der Waals surface area contributed by atoms with Gasteiger partial charge < -0.3 is 9.90 Å². The quantitative estimate of drug-likeness (QED) is 0.908. The number of hydrogen-bond donors (Lipinski definition) is 1. The molecule has 2 rings (SSSR count). The molecule has 0 atom stereocenters. The number of aromatic carboxylic acids is 1. The Kier molecular flexibility index (Phi) is 4.57. The summed E-state index contributed by atoms with van der Waals surface area (Å²) < 4.78 is 64.5. The monoisotopic (exact) mass is 358 g/mol. The van der Waals surface area contributed by atoms with E-state index in [-0.39, 0.29) is 11.3 Å².